The molecule has 1 aliphatic heterocycles. The zero-order chi connectivity index (χ0) is 17.2. The molecule has 0 radical (unpaired) electrons. The van der Waals surface area contributed by atoms with Crippen molar-refractivity contribution in [2.75, 3.05) is 18.4 Å². The van der Waals surface area contributed by atoms with Crippen molar-refractivity contribution in [2.45, 2.75) is 37.5 Å². The SMILES string of the molecule is N#Cc1cccc(NC(=O)N2CCC(c3nc(C4CC4)n[nH]3)CC2)c1. The van der Waals surface area contributed by atoms with Gasteiger partial charge in [0.25, 0.3) is 0 Å². The number of benzene rings is 1. The maximum absolute atomic E-state index is 12.4. The summed E-state index contributed by atoms with van der Waals surface area (Å²) in [6.45, 7) is 1.38. The van der Waals surface area contributed by atoms with Crippen molar-refractivity contribution < 1.29 is 4.79 Å². The Bertz CT molecular complexity index is 811. The number of carbonyl (C=O) groups is 1. The van der Waals surface area contributed by atoms with Gasteiger partial charge in [0.2, 0.25) is 0 Å². The molecule has 0 spiro atoms. The summed E-state index contributed by atoms with van der Waals surface area (Å²) < 4.78 is 0. The van der Waals surface area contributed by atoms with Crippen LogP contribution >= 0.6 is 0 Å². The predicted molar refractivity (Wildman–Crippen MR) is 92.1 cm³/mol. The minimum atomic E-state index is -0.121. The summed E-state index contributed by atoms with van der Waals surface area (Å²) in [6, 6.07) is 8.91. The van der Waals surface area contributed by atoms with Crippen LogP contribution in [-0.4, -0.2) is 39.2 Å². The molecule has 0 atom stereocenters. The maximum Gasteiger partial charge on any atom is 0.321 e. The number of aromatic nitrogens is 3. The lowest BCUT2D eigenvalue weighted by Gasteiger charge is -2.31. The first kappa shape index (κ1) is 15.6. The molecule has 1 aromatic heterocycles. The second kappa shape index (κ2) is 6.55. The van der Waals surface area contributed by atoms with E-state index in [1.165, 1.54) is 12.8 Å². The van der Waals surface area contributed by atoms with Gasteiger partial charge in [-0.15, -0.1) is 0 Å². The van der Waals surface area contributed by atoms with E-state index >= 15 is 0 Å². The van der Waals surface area contributed by atoms with Crippen LogP contribution < -0.4 is 5.32 Å². The third-order valence-electron chi connectivity index (χ3n) is 4.87. The monoisotopic (exact) mass is 336 g/mol. The third kappa shape index (κ3) is 3.48. The fraction of sp³-hybridized carbons (Fsp3) is 0.444. The number of aromatic amines is 1. The fourth-order valence-corrected chi connectivity index (χ4v) is 3.22. The number of carbonyl (C=O) groups excluding carboxylic acids is 1. The van der Waals surface area contributed by atoms with Crippen molar-refractivity contribution >= 4 is 11.7 Å². The van der Waals surface area contributed by atoms with E-state index in [9.17, 15) is 4.79 Å². The highest BCUT2D eigenvalue weighted by atomic mass is 16.2. The van der Waals surface area contributed by atoms with Gasteiger partial charge in [-0.05, 0) is 43.9 Å². The molecule has 0 unspecified atom stereocenters. The van der Waals surface area contributed by atoms with Crippen molar-refractivity contribution in [1.82, 2.24) is 20.1 Å². The summed E-state index contributed by atoms with van der Waals surface area (Å²) in [5.74, 6) is 2.81. The lowest BCUT2D eigenvalue weighted by molar-refractivity contribution is 0.193. The number of H-pyrrole nitrogens is 1. The van der Waals surface area contributed by atoms with Gasteiger partial charge in [0.1, 0.15) is 5.82 Å². The number of hydrogen-bond acceptors (Lipinski definition) is 4. The van der Waals surface area contributed by atoms with Crippen LogP contribution in [0.15, 0.2) is 24.3 Å². The topological polar surface area (TPSA) is 97.7 Å². The molecule has 4 rings (SSSR count). The normalized spacial score (nSPS) is 18.0. The molecule has 25 heavy (non-hydrogen) atoms. The lowest BCUT2D eigenvalue weighted by Crippen LogP contribution is -2.40. The van der Waals surface area contributed by atoms with Crippen LogP contribution in [0.5, 0.6) is 0 Å². The van der Waals surface area contributed by atoms with Gasteiger partial charge in [-0.25, -0.2) is 9.78 Å². The second-order valence-electron chi connectivity index (χ2n) is 6.74. The van der Waals surface area contributed by atoms with Gasteiger partial charge < -0.3 is 10.2 Å². The Morgan fingerprint density at radius 2 is 2.04 bits per heavy atom. The maximum atomic E-state index is 12.4. The van der Waals surface area contributed by atoms with Crippen molar-refractivity contribution in [3.63, 3.8) is 0 Å². The van der Waals surface area contributed by atoms with Crippen LogP contribution in [0.2, 0.25) is 0 Å². The minimum Gasteiger partial charge on any atom is -0.324 e. The van der Waals surface area contributed by atoms with Crippen LogP contribution in [0.25, 0.3) is 0 Å². The van der Waals surface area contributed by atoms with Crippen molar-refractivity contribution in [1.29, 1.82) is 5.26 Å². The van der Waals surface area contributed by atoms with E-state index in [4.69, 9.17) is 5.26 Å². The fourth-order valence-electron chi connectivity index (χ4n) is 3.22. The second-order valence-corrected chi connectivity index (χ2v) is 6.74. The number of amides is 2. The third-order valence-corrected chi connectivity index (χ3v) is 4.87. The van der Waals surface area contributed by atoms with Crippen LogP contribution in [0.4, 0.5) is 10.5 Å². The average Bonchev–Trinajstić information content (AvgIpc) is 3.39. The predicted octanol–water partition coefficient (Wildman–Crippen LogP) is 2.97. The van der Waals surface area contributed by atoms with Crippen LogP contribution in [0, 0.1) is 11.3 Å². The Balaban J connectivity index is 1.32. The van der Waals surface area contributed by atoms with Gasteiger partial charge in [-0.1, -0.05) is 6.07 Å². The van der Waals surface area contributed by atoms with Crippen LogP contribution in [-0.2, 0) is 0 Å². The highest BCUT2D eigenvalue weighted by Gasteiger charge is 2.30. The number of hydrogen-bond donors (Lipinski definition) is 2. The molecule has 7 heteroatoms. The van der Waals surface area contributed by atoms with Gasteiger partial charge in [-0.3, -0.25) is 5.10 Å². The Morgan fingerprint density at radius 1 is 1.24 bits per heavy atom. The smallest absolute Gasteiger partial charge is 0.321 e. The first-order chi connectivity index (χ1) is 12.2. The quantitative estimate of drug-likeness (QED) is 0.900. The van der Waals surface area contributed by atoms with E-state index in [1.54, 1.807) is 24.3 Å². The zero-order valence-corrected chi connectivity index (χ0v) is 13.9. The molecule has 2 fully saturated rings. The molecule has 1 aromatic carbocycles. The summed E-state index contributed by atoms with van der Waals surface area (Å²) in [4.78, 5) is 18.9. The van der Waals surface area contributed by atoms with E-state index in [-0.39, 0.29) is 6.03 Å². The zero-order valence-electron chi connectivity index (χ0n) is 13.9. The van der Waals surface area contributed by atoms with Crippen LogP contribution in [0.3, 0.4) is 0 Å². The number of anilines is 1. The molecule has 2 N–H and O–H groups in total. The molecule has 7 nitrogen and oxygen atoms in total. The summed E-state index contributed by atoms with van der Waals surface area (Å²) in [5, 5.41) is 19.2. The molecule has 1 saturated heterocycles. The molecular weight excluding hydrogens is 316 g/mol. The molecule has 2 aliphatic rings. The Kier molecular flexibility index (Phi) is 4.10. The summed E-state index contributed by atoms with van der Waals surface area (Å²) in [6.07, 6.45) is 4.15. The number of rotatable bonds is 3. The van der Waals surface area contributed by atoms with E-state index in [1.807, 2.05) is 4.90 Å². The molecule has 1 aliphatic carbocycles. The van der Waals surface area contributed by atoms with Crippen molar-refractivity contribution in [3.8, 4) is 6.07 Å². The van der Waals surface area contributed by atoms with E-state index in [0.717, 1.165) is 24.5 Å². The molecule has 2 aromatic rings. The number of likely N-dealkylation sites (tertiary alicyclic amines) is 1. The molecule has 128 valence electrons. The van der Waals surface area contributed by atoms with Crippen molar-refractivity contribution in [2.24, 2.45) is 0 Å². The largest absolute Gasteiger partial charge is 0.324 e. The molecule has 2 heterocycles. The lowest BCUT2D eigenvalue weighted by atomic mass is 9.96. The summed E-state index contributed by atoms with van der Waals surface area (Å²) >= 11 is 0. The van der Waals surface area contributed by atoms with Gasteiger partial charge in [0.05, 0.1) is 11.6 Å². The number of nitrogens with zero attached hydrogens (tertiary/aromatic N) is 4. The average molecular weight is 336 g/mol. The van der Waals surface area contributed by atoms with Gasteiger partial charge >= 0.3 is 6.03 Å². The van der Waals surface area contributed by atoms with Gasteiger partial charge in [0.15, 0.2) is 5.82 Å². The summed E-state index contributed by atoms with van der Waals surface area (Å²) in [7, 11) is 0. The first-order valence-electron chi connectivity index (χ1n) is 8.71. The standard InChI is InChI=1S/C18H20N6O/c19-11-12-2-1-3-15(10-12)20-18(25)24-8-6-14(7-9-24)17-21-16(22-23-17)13-4-5-13/h1-3,10,13-14H,4-9H2,(H,20,25)(H,21,22,23). The number of urea groups is 1. The van der Waals surface area contributed by atoms with E-state index < -0.39 is 0 Å². The molecule has 1 saturated carbocycles. The Morgan fingerprint density at radius 3 is 2.76 bits per heavy atom. The van der Waals surface area contributed by atoms with Crippen molar-refractivity contribution in [3.05, 3.63) is 41.5 Å². The molecule has 2 amide bonds. The molecule has 0 bridgehead atoms. The van der Waals surface area contributed by atoms with E-state index in [0.29, 0.717) is 36.2 Å². The summed E-state index contributed by atoms with van der Waals surface area (Å²) in [5.41, 5.74) is 1.18. The Labute approximate surface area is 146 Å². The minimum absolute atomic E-state index is 0.121. The van der Waals surface area contributed by atoms with E-state index in [2.05, 4.69) is 26.6 Å². The highest BCUT2D eigenvalue weighted by Crippen LogP contribution is 2.38. The van der Waals surface area contributed by atoms with Crippen LogP contribution in [0.1, 0.15) is 54.7 Å². The number of piperidine rings is 1. The van der Waals surface area contributed by atoms with Gasteiger partial charge in [0, 0.05) is 30.6 Å². The number of nitriles is 1. The molecular formula is C18H20N6O. The first-order valence-corrected chi connectivity index (χ1v) is 8.71. The Hall–Kier alpha value is -2.88. The van der Waals surface area contributed by atoms with Gasteiger partial charge in [-0.2, -0.15) is 10.4 Å². The number of nitrogens with one attached hydrogen (secondary N) is 2. The highest BCUT2D eigenvalue weighted by molar-refractivity contribution is 5.89.